The fourth-order valence-corrected chi connectivity index (χ4v) is 2.64. The SMILES string of the molecule is NC(=S)CCCCN1C(=O)CCCc2ccccc21. The summed E-state index contributed by atoms with van der Waals surface area (Å²) in [6.45, 7) is 0.762. The van der Waals surface area contributed by atoms with Gasteiger partial charge in [-0.15, -0.1) is 0 Å². The van der Waals surface area contributed by atoms with Crippen LogP contribution in [0.5, 0.6) is 0 Å². The first-order valence-electron chi connectivity index (χ1n) is 6.85. The lowest BCUT2D eigenvalue weighted by Crippen LogP contribution is -2.31. The molecule has 2 N–H and O–H groups in total. The molecule has 1 aliphatic rings. The Morgan fingerprint density at radius 3 is 2.84 bits per heavy atom. The predicted octanol–water partition coefficient (Wildman–Crippen LogP) is 2.81. The van der Waals surface area contributed by atoms with E-state index in [-0.39, 0.29) is 5.91 Å². The molecule has 0 saturated carbocycles. The molecule has 1 aromatic carbocycles. The number of aryl methyl sites for hydroxylation is 1. The molecule has 1 aromatic rings. The van der Waals surface area contributed by atoms with Crippen LogP contribution in [0.2, 0.25) is 0 Å². The molecular formula is C15H20N2OS. The highest BCUT2D eigenvalue weighted by Crippen LogP contribution is 2.27. The van der Waals surface area contributed by atoms with E-state index in [1.165, 1.54) is 5.56 Å². The molecule has 0 atom stereocenters. The third kappa shape index (κ3) is 3.77. The Balaban J connectivity index is 2.04. The van der Waals surface area contributed by atoms with E-state index in [4.69, 9.17) is 18.0 Å². The molecule has 19 heavy (non-hydrogen) atoms. The maximum Gasteiger partial charge on any atom is 0.226 e. The second kappa shape index (κ2) is 6.66. The Labute approximate surface area is 119 Å². The van der Waals surface area contributed by atoms with Crippen LogP contribution in [0.4, 0.5) is 5.69 Å². The highest BCUT2D eigenvalue weighted by Gasteiger charge is 2.21. The molecule has 1 amide bonds. The standard InChI is InChI=1S/C15H20N2OS/c16-14(19)9-3-4-11-17-13-8-2-1-6-12(13)7-5-10-15(17)18/h1-2,6,8H,3-5,7,9-11H2,(H2,16,19). The van der Waals surface area contributed by atoms with Gasteiger partial charge < -0.3 is 10.6 Å². The van der Waals surface area contributed by atoms with Crippen molar-refractivity contribution in [3.05, 3.63) is 29.8 Å². The van der Waals surface area contributed by atoms with Crippen molar-refractivity contribution in [1.29, 1.82) is 0 Å². The molecule has 102 valence electrons. The molecule has 0 saturated heterocycles. The van der Waals surface area contributed by atoms with Gasteiger partial charge in [-0.05, 0) is 43.7 Å². The number of carbonyl (C=O) groups is 1. The van der Waals surface area contributed by atoms with Crippen molar-refractivity contribution in [2.24, 2.45) is 5.73 Å². The number of hydrogen-bond acceptors (Lipinski definition) is 2. The van der Waals surface area contributed by atoms with Crippen LogP contribution in [0.3, 0.4) is 0 Å². The Bertz CT molecular complexity index is 473. The minimum Gasteiger partial charge on any atom is -0.393 e. The van der Waals surface area contributed by atoms with Crippen LogP contribution in [0.1, 0.15) is 37.7 Å². The normalized spacial score (nSPS) is 14.9. The maximum atomic E-state index is 12.2. The number of unbranched alkanes of at least 4 members (excludes halogenated alkanes) is 1. The van der Waals surface area contributed by atoms with Gasteiger partial charge in [-0.25, -0.2) is 0 Å². The summed E-state index contributed by atoms with van der Waals surface area (Å²) in [7, 11) is 0. The van der Waals surface area contributed by atoms with Crippen LogP contribution in [0, 0.1) is 0 Å². The zero-order chi connectivity index (χ0) is 13.7. The van der Waals surface area contributed by atoms with Crippen molar-refractivity contribution < 1.29 is 4.79 Å². The molecule has 2 rings (SSSR count). The Morgan fingerprint density at radius 2 is 2.05 bits per heavy atom. The van der Waals surface area contributed by atoms with E-state index >= 15 is 0 Å². The van der Waals surface area contributed by atoms with Crippen molar-refractivity contribution in [2.75, 3.05) is 11.4 Å². The summed E-state index contributed by atoms with van der Waals surface area (Å²) in [5, 5.41) is 0. The molecule has 0 unspecified atom stereocenters. The van der Waals surface area contributed by atoms with Crippen molar-refractivity contribution in [2.45, 2.75) is 38.5 Å². The van der Waals surface area contributed by atoms with Crippen LogP contribution in [0.15, 0.2) is 24.3 Å². The third-order valence-corrected chi connectivity index (χ3v) is 3.68. The number of fused-ring (bicyclic) bond motifs is 1. The van der Waals surface area contributed by atoms with E-state index in [1.807, 2.05) is 23.1 Å². The molecule has 1 aliphatic heterocycles. The van der Waals surface area contributed by atoms with Crippen LogP contribution in [-0.4, -0.2) is 17.4 Å². The number of amides is 1. The van der Waals surface area contributed by atoms with E-state index in [0.717, 1.165) is 44.3 Å². The number of hydrogen-bond donors (Lipinski definition) is 1. The summed E-state index contributed by atoms with van der Waals surface area (Å²) in [4.78, 5) is 14.7. The minimum atomic E-state index is 0.236. The highest BCUT2D eigenvalue weighted by atomic mass is 32.1. The van der Waals surface area contributed by atoms with E-state index in [1.54, 1.807) is 0 Å². The lowest BCUT2D eigenvalue weighted by atomic mass is 10.1. The van der Waals surface area contributed by atoms with Gasteiger partial charge >= 0.3 is 0 Å². The van der Waals surface area contributed by atoms with Crippen molar-refractivity contribution in [3.63, 3.8) is 0 Å². The summed E-state index contributed by atoms with van der Waals surface area (Å²) in [5.41, 5.74) is 7.86. The van der Waals surface area contributed by atoms with Crippen LogP contribution >= 0.6 is 12.2 Å². The number of nitrogens with two attached hydrogens (primary N) is 1. The van der Waals surface area contributed by atoms with Gasteiger partial charge in [0.05, 0.1) is 4.99 Å². The van der Waals surface area contributed by atoms with Gasteiger partial charge in [0.1, 0.15) is 0 Å². The van der Waals surface area contributed by atoms with E-state index in [2.05, 4.69) is 6.07 Å². The fourth-order valence-electron chi connectivity index (χ4n) is 2.50. The Kier molecular flexibility index (Phi) is 4.91. The number of rotatable bonds is 5. The van der Waals surface area contributed by atoms with E-state index < -0.39 is 0 Å². The number of carbonyl (C=O) groups excluding carboxylic acids is 1. The lowest BCUT2D eigenvalue weighted by Gasteiger charge is -2.23. The average molecular weight is 276 g/mol. The molecular weight excluding hydrogens is 256 g/mol. The second-order valence-electron chi connectivity index (χ2n) is 4.95. The molecule has 1 heterocycles. The van der Waals surface area contributed by atoms with E-state index in [0.29, 0.717) is 11.4 Å². The Morgan fingerprint density at radius 1 is 1.26 bits per heavy atom. The summed E-state index contributed by atoms with van der Waals surface area (Å²) < 4.78 is 0. The Hall–Kier alpha value is -1.42. The maximum absolute atomic E-state index is 12.2. The molecule has 0 aliphatic carbocycles. The summed E-state index contributed by atoms with van der Waals surface area (Å²) in [5.74, 6) is 0.236. The lowest BCUT2D eigenvalue weighted by molar-refractivity contribution is -0.118. The molecule has 0 bridgehead atoms. The number of benzene rings is 1. The first kappa shape index (κ1) is 14.0. The van der Waals surface area contributed by atoms with Crippen molar-refractivity contribution in [3.8, 4) is 0 Å². The quantitative estimate of drug-likeness (QED) is 0.664. The summed E-state index contributed by atoms with van der Waals surface area (Å²) in [6, 6.07) is 8.21. The molecule has 0 fully saturated rings. The first-order chi connectivity index (χ1) is 9.18. The predicted molar refractivity (Wildman–Crippen MR) is 82.4 cm³/mol. The van der Waals surface area contributed by atoms with Gasteiger partial charge in [0.25, 0.3) is 0 Å². The van der Waals surface area contributed by atoms with E-state index in [9.17, 15) is 4.79 Å². The number of anilines is 1. The average Bonchev–Trinajstić information content (AvgIpc) is 2.54. The molecule has 3 nitrogen and oxygen atoms in total. The smallest absolute Gasteiger partial charge is 0.226 e. The van der Waals surface area contributed by atoms with Crippen LogP contribution in [-0.2, 0) is 11.2 Å². The van der Waals surface area contributed by atoms with Crippen LogP contribution in [0.25, 0.3) is 0 Å². The van der Waals surface area contributed by atoms with Gasteiger partial charge in [-0.1, -0.05) is 30.4 Å². The number of thiocarbonyl (C=S) groups is 1. The zero-order valence-electron chi connectivity index (χ0n) is 11.1. The molecule has 0 radical (unpaired) electrons. The van der Waals surface area contributed by atoms with Gasteiger partial charge in [0.15, 0.2) is 0 Å². The first-order valence-corrected chi connectivity index (χ1v) is 7.26. The summed E-state index contributed by atoms with van der Waals surface area (Å²) >= 11 is 4.87. The largest absolute Gasteiger partial charge is 0.393 e. The highest BCUT2D eigenvalue weighted by molar-refractivity contribution is 7.80. The summed E-state index contributed by atoms with van der Waals surface area (Å²) in [6.07, 6.45) is 5.23. The van der Waals surface area contributed by atoms with Crippen LogP contribution < -0.4 is 10.6 Å². The molecule has 4 heteroatoms. The molecule has 0 spiro atoms. The van der Waals surface area contributed by atoms with Gasteiger partial charge in [0, 0.05) is 18.7 Å². The van der Waals surface area contributed by atoms with Gasteiger partial charge in [-0.2, -0.15) is 0 Å². The second-order valence-corrected chi connectivity index (χ2v) is 5.48. The third-order valence-electron chi connectivity index (χ3n) is 3.48. The number of para-hydroxylation sites is 1. The number of nitrogens with zero attached hydrogens (tertiary/aromatic N) is 1. The van der Waals surface area contributed by atoms with Crippen molar-refractivity contribution in [1.82, 2.24) is 0 Å². The van der Waals surface area contributed by atoms with Gasteiger partial charge in [0.2, 0.25) is 5.91 Å². The minimum absolute atomic E-state index is 0.236. The molecule has 0 aromatic heterocycles. The van der Waals surface area contributed by atoms with Crippen molar-refractivity contribution >= 4 is 28.8 Å². The fraction of sp³-hybridized carbons (Fsp3) is 0.467. The zero-order valence-corrected chi connectivity index (χ0v) is 11.9. The monoisotopic (exact) mass is 276 g/mol. The van der Waals surface area contributed by atoms with Gasteiger partial charge in [-0.3, -0.25) is 4.79 Å². The topological polar surface area (TPSA) is 46.3 Å².